The number of pyridine rings is 1. The first-order valence-corrected chi connectivity index (χ1v) is 7.88. The SMILES string of the molecule is CN(C[C@@H]1C[C@H]1c1c[nH]c2ccc(C#N)cc12)c1cccnc1. The van der Waals surface area contributed by atoms with Gasteiger partial charge in [-0.05, 0) is 54.2 Å². The average molecular weight is 302 g/mol. The molecule has 0 radical (unpaired) electrons. The summed E-state index contributed by atoms with van der Waals surface area (Å²) in [6.45, 7) is 1.03. The van der Waals surface area contributed by atoms with E-state index in [-0.39, 0.29) is 0 Å². The highest BCUT2D eigenvalue weighted by atomic mass is 15.1. The Morgan fingerprint density at radius 1 is 1.39 bits per heavy atom. The summed E-state index contributed by atoms with van der Waals surface area (Å²) in [6.07, 6.45) is 7.02. The zero-order chi connectivity index (χ0) is 15.8. The molecule has 1 aromatic carbocycles. The molecule has 4 nitrogen and oxygen atoms in total. The molecule has 1 fully saturated rings. The van der Waals surface area contributed by atoms with E-state index in [2.05, 4.69) is 40.2 Å². The number of hydrogen-bond donors (Lipinski definition) is 1. The summed E-state index contributed by atoms with van der Waals surface area (Å²) in [5.74, 6) is 1.24. The third-order valence-electron chi connectivity index (χ3n) is 4.76. The van der Waals surface area contributed by atoms with Gasteiger partial charge in [-0.25, -0.2) is 0 Å². The number of rotatable bonds is 4. The molecule has 1 aliphatic carbocycles. The molecule has 2 heterocycles. The van der Waals surface area contributed by atoms with Gasteiger partial charge in [0, 0.05) is 36.9 Å². The molecule has 0 amide bonds. The fourth-order valence-corrected chi connectivity index (χ4v) is 3.39. The van der Waals surface area contributed by atoms with Crippen LogP contribution in [0.4, 0.5) is 5.69 Å². The van der Waals surface area contributed by atoms with Gasteiger partial charge >= 0.3 is 0 Å². The van der Waals surface area contributed by atoms with Crippen LogP contribution in [0, 0.1) is 17.2 Å². The van der Waals surface area contributed by atoms with E-state index in [1.807, 2.05) is 30.5 Å². The standard InChI is InChI=1S/C19H18N4/c1-23(15-3-2-6-21-10-15)12-14-8-16(14)18-11-22-19-5-4-13(9-20)7-17(18)19/h2-7,10-11,14,16,22H,8,12H2,1H3/t14-,16+/m0/s1. The Labute approximate surface area is 135 Å². The number of nitrogens with zero attached hydrogens (tertiary/aromatic N) is 3. The predicted octanol–water partition coefficient (Wildman–Crippen LogP) is 3.67. The first kappa shape index (κ1) is 13.8. The summed E-state index contributed by atoms with van der Waals surface area (Å²) in [7, 11) is 2.12. The lowest BCUT2D eigenvalue weighted by Gasteiger charge is -2.18. The van der Waals surface area contributed by atoms with Crippen molar-refractivity contribution >= 4 is 16.6 Å². The summed E-state index contributed by atoms with van der Waals surface area (Å²) in [5, 5.41) is 10.3. The number of nitriles is 1. The molecule has 0 unspecified atom stereocenters. The molecule has 3 aromatic rings. The first-order chi connectivity index (χ1) is 11.3. The molecule has 0 aliphatic heterocycles. The molecule has 114 valence electrons. The highest BCUT2D eigenvalue weighted by molar-refractivity contribution is 5.85. The van der Waals surface area contributed by atoms with Crippen LogP contribution in [0.25, 0.3) is 10.9 Å². The van der Waals surface area contributed by atoms with Crippen LogP contribution < -0.4 is 4.90 Å². The van der Waals surface area contributed by atoms with E-state index in [0.29, 0.717) is 11.8 Å². The lowest BCUT2D eigenvalue weighted by molar-refractivity contribution is 0.761. The second kappa shape index (κ2) is 5.44. The van der Waals surface area contributed by atoms with Crippen LogP contribution in [0.15, 0.2) is 48.9 Å². The van der Waals surface area contributed by atoms with Crippen LogP contribution in [0.2, 0.25) is 0 Å². The zero-order valence-electron chi connectivity index (χ0n) is 13.0. The minimum Gasteiger partial charge on any atom is -0.373 e. The minimum atomic E-state index is 0.580. The van der Waals surface area contributed by atoms with Gasteiger partial charge in [-0.3, -0.25) is 4.98 Å². The van der Waals surface area contributed by atoms with Gasteiger partial charge in [-0.1, -0.05) is 0 Å². The topological polar surface area (TPSA) is 55.7 Å². The molecule has 2 atom stereocenters. The van der Waals surface area contributed by atoms with E-state index in [1.54, 1.807) is 6.20 Å². The largest absolute Gasteiger partial charge is 0.373 e. The maximum Gasteiger partial charge on any atom is 0.0991 e. The Morgan fingerprint density at radius 2 is 2.30 bits per heavy atom. The molecule has 0 spiro atoms. The maximum atomic E-state index is 9.10. The molecule has 1 saturated carbocycles. The predicted molar refractivity (Wildman–Crippen MR) is 91.4 cm³/mol. The third-order valence-corrected chi connectivity index (χ3v) is 4.76. The number of nitrogens with one attached hydrogen (secondary N) is 1. The Kier molecular flexibility index (Phi) is 3.27. The zero-order valence-corrected chi connectivity index (χ0v) is 13.0. The number of hydrogen-bond acceptors (Lipinski definition) is 3. The lowest BCUT2D eigenvalue weighted by Crippen LogP contribution is -2.20. The minimum absolute atomic E-state index is 0.580. The van der Waals surface area contributed by atoms with Crippen molar-refractivity contribution in [2.24, 2.45) is 5.92 Å². The molecule has 2 aromatic heterocycles. The molecular formula is C19H18N4. The summed E-state index contributed by atoms with van der Waals surface area (Å²) in [5.41, 5.74) is 4.35. The smallest absolute Gasteiger partial charge is 0.0991 e. The second-order valence-electron chi connectivity index (χ2n) is 6.31. The Morgan fingerprint density at radius 3 is 3.09 bits per heavy atom. The highest BCUT2D eigenvalue weighted by Crippen LogP contribution is 2.50. The number of anilines is 1. The quantitative estimate of drug-likeness (QED) is 0.800. The van der Waals surface area contributed by atoms with Gasteiger partial charge in [-0.15, -0.1) is 0 Å². The van der Waals surface area contributed by atoms with Gasteiger partial charge in [0.25, 0.3) is 0 Å². The van der Waals surface area contributed by atoms with Gasteiger partial charge in [0.15, 0.2) is 0 Å². The van der Waals surface area contributed by atoms with Crippen LogP contribution in [0.1, 0.15) is 23.5 Å². The van der Waals surface area contributed by atoms with Gasteiger partial charge in [-0.2, -0.15) is 5.26 Å². The fraction of sp³-hybridized carbons (Fsp3) is 0.263. The molecule has 4 rings (SSSR count). The van der Waals surface area contributed by atoms with Crippen molar-refractivity contribution in [1.29, 1.82) is 5.26 Å². The summed E-state index contributed by atoms with van der Waals surface area (Å²) < 4.78 is 0. The van der Waals surface area contributed by atoms with Crippen LogP contribution >= 0.6 is 0 Å². The van der Waals surface area contributed by atoms with E-state index in [0.717, 1.165) is 23.3 Å². The molecule has 23 heavy (non-hydrogen) atoms. The van der Waals surface area contributed by atoms with Crippen molar-refractivity contribution in [3.8, 4) is 6.07 Å². The van der Waals surface area contributed by atoms with E-state index in [9.17, 15) is 0 Å². The van der Waals surface area contributed by atoms with E-state index >= 15 is 0 Å². The summed E-state index contributed by atoms with van der Waals surface area (Å²) >= 11 is 0. The van der Waals surface area contributed by atoms with Crippen molar-refractivity contribution in [2.75, 3.05) is 18.5 Å². The summed E-state index contributed by atoms with van der Waals surface area (Å²) in [4.78, 5) is 9.79. The molecule has 1 N–H and O–H groups in total. The normalized spacial score (nSPS) is 19.5. The van der Waals surface area contributed by atoms with Crippen LogP contribution in [-0.4, -0.2) is 23.6 Å². The maximum absolute atomic E-state index is 9.10. The lowest BCUT2D eigenvalue weighted by atomic mass is 10.1. The van der Waals surface area contributed by atoms with Crippen molar-refractivity contribution in [3.05, 3.63) is 60.0 Å². The number of fused-ring (bicyclic) bond motifs is 1. The average Bonchev–Trinajstić information content (AvgIpc) is 3.22. The van der Waals surface area contributed by atoms with Crippen molar-refractivity contribution in [3.63, 3.8) is 0 Å². The van der Waals surface area contributed by atoms with Crippen LogP contribution in [-0.2, 0) is 0 Å². The molecule has 0 saturated heterocycles. The van der Waals surface area contributed by atoms with E-state index < -0.39 is 0 Å². The number of H-pyrrole nitrogens is 1. The molecule has 0 bridgehead atoms. The molecule has 1 aliphatic rings. The monoisotopic (exact) mass is 302 g/mol. The Bertz CT molecular complexity index is 875. The van der Waals surface area contributed by atoms with E-state index in [1.165, 1.54) is 17.4 Å². The number of aromatic amines is 1. The summed E-state index contributed by atoms with van der Waals surface area (Å²) in [6, 6.07) is 12.2. The van der Waals surface area contributed by atoms with Crippen molar-refractivity contribution in [2.45, 2.75) is 12.3 Å². The van der Waals surface area contributed by atoms with Crippen molar-refractivity contribution < 1.29 is 0 Å². The van der Waals surface area contributed by atoms with Gasteiger partial charge in [0.05, 0.1) is 23.5 Å². The molecular weight excluding hydrogens is 284 g/mol. The van der Waals surface area contributed by atoms with Crippen LogP contribution in [0.5, 0.6) is 0 Å². The first-order valence-electron chi connectivity index (χ1n) is 7.88. The second-order valence-corrected chi connectivity index (χ2v) is 6.31. The van der Waals surface area contributed by atoms with E-state index in [4.69, 9.17) is 5.26 Å². The molecule has 4 heteroatoms. The highest BCUT2D eigenvalue weighted by Gasteiger charge is 2.40. The third kappa shape index (κ3) is 2.55. The Balaban J connectivity index is 1.52. The number of benzene rings is 1. The number of aromatic nitrogens is 2. The Hall–Kier alpha value is -2.80. The van der Waals surface area contributed by atoms with Crippen LogP contribution in [0.3, 0.4) is 0 Å². The van der Waals surface area contributed by atoms with Crippen molar-refractivity contribution in [1.82, 2.24) is 9.97 Å². The fourth-order valence-electron chi connectivity index (χ4n) is 3.39. The van der Waals surface area contributed by atoms with Gasteiger partial charge < -0.3 is 9.88 Å². The van der Waals surface area contributed by atoms with Gasteiger partial charge in [0.1, 0.15) is 0 Å². The van der Waals surface area contributed by atoms with Gasteiger partial charge in [0.2, 0.25) is 0 Å².